The van der Waals surface area contributed by atoms with Gasteiger partial charge < -0.3 is 19.6 Å². The molecule has 0 saturated heterocycles. The standard InChI is InChI=1S/C16H21NO3/c1-12-4-3-5-13(2)16(12)20-11-15(18)9-17-8-14-6-7-19-10-14/h3-7,10,15,17-18H,8-9,11H2,1-2H3. The highest BCUT2D eigenvalue weighted by molar-refractivity contribution is 5.39. The van der Waals surface area contributed by atoms with E-state index >= 15 is 0 Å². The number of furan rings is 1. The summed E-state index contributed by atoms with van der Waals surface area (Å²) in [6.45, 7) is 5.45. The van der Waals surface area contributed by atoms with E-state index in [1.807, 2.05) is 38.1 Å². The number of nitrogens with one attached hydrogen (secondary N) is 1. The second-order valence-electron chi connectivity index (χ2n) is 4.95. The van der Waals surface area contributed by atoms with Crippen LogP contribution in [0.15, 0.2) is 41.2 Å². The fourth-order valence-electron chi connectivity index (χ4n) is 2.04. The normalized spacial score (nSPS) is 12.3. The van der Waals surface area contributed by atoms with Crippen molar-refractivity contribution in [2.75, 3.05) is 13.2 Å². The molecule has 4 heteroatoms. The van der Waals surface area contributed by atoms with Crippen LogP contribution in [-0.4, -0.2) is 24.4 Å². The van der Waals surface area contributed by atoms with Gasteiger partial charge in [-0.2, -0.15) is 0 Å². The molecule has 0 saturated carbocycles. The molecule has 0 bridgehead atoms. The lowest BCUT2D eigenvalue weighted by molar-refractivity contribution is 0.105. The number of aliphatic hydroxyl groups excluding tert-OH is 1. The number of aryl methyl sites for hydroxylation is 2. The summed E-state index contributed by atoms with van der Waals surface area (Å²) in [4.78, 5) is 0. The van der Waals surface area contributed by atoms with E-state index in [4.69, 9.17) is 9.15 Å². The van der Waals surface area contributed by atoms with Crippen molar-refractivity contribution >= 4 is 0 Å². The van der Waals surface area contributed by atoms with Crippen LogP contribution in [0.25, 0.3) is 0 Å². The molecular weight excluding hydrogens is 254 g/mol. The monoisotopic (exact) mass is 275 g/mol. The minimum absolute atomic E-state index is 0.282. The summed E-state index contributed by atoms with van der Waals surface area (Å²) in [5, 5.41) is 13.1. The van der Waals surface area contributed by atoms with Crippen molar-refractivity contribution in [1.29, 1.82) is 0 Å². The van der Waals surface area contributed by atoms with Crippen LogP contribution >= 0.6 is 0 Å². The van der Waals surface area contributed by atoms with E-state index in [0.717, 1.165) is 22.4 Å². The predicted octanol–water partition coefficient (Wildman–Crippen LogP) is 2.43. The zero-order chi connectivity index (χ0) is 14.4. The largest absolute Gasteiger partial charge is 0.490 e. The first-order chi connectivity index (χ1) is 9.66. The van der Waals surface area contributed by atoms with Crippen molar-refractivity contribution in [3.05, 3.63) is 53.5 Å². The molecular formula is C16H21NO3. The SMILES string of the molecule is Cc1cccc(C)c1OCC(O)CNCc1ccoc1. The van der Waals surface area contributed by atoms with E-state index < -0.39 is 6.10 Å². The van der Waals surface area contributed by atoms with Gasteiger partial charge in [-0.1, -0.05) is 18.2 Å². The van der Waals surface area contributed by atoms with Crippen LogP contribution in [0.5, 0.6) is 5.75 Å². The molecule has 2 N–H and O–H groups in total. The molecule has 1 atom stereocenters. The Balaban J connectivity index is 1.73. The lowest BCUT2D eigenvalue weighted by Gasteiger charge is -2.16. The summed E-state index contributed by atoms with van der Waals surface area (Å²) in [5.74, 6) is 0.862. The first kappa shape index (κ1) is 14.6. The minimum Gasteiger partial charge on any atom is -0.490 e. The van der Waals surface area contributed by atoms with Crippen molar-refractivity contribution in [3.8, 4) is 5.75 Å². The Morgan fingerprint density at radius 1 is 1.25 bits per heavy atom. The maximum absolute atomic E-state index is 9.91. The zero-order valence-corrected chi connectivity index (χ0v) is 11.9. The predicted molar refractivity (Wildman–Crippen MR) is 77.8 cm³/mol. The number of rotatable bonds is 7. The molecule has 1 aromatic carbocycles. The molecule has 0 fully saturated rings. The van der Waals surface area contributed by atoms with Crippen molar-refractivity contribution in [2.45, 2.75) is 26.5 Å². The number of ether oxygens (including phenoxy) is 1. The fourth-order valence-corrected chi connectivity index (χ4v) is 2.04. The molecule has 108 valence electrons. The van der Waals surface area contributed by atoms with E-state index in [1.165, 1.54) is 0 Å². The summed E-state index contributed by atoms with van der Waals surface area (Å²) < 4.78 is 10.7. The van der Waals surface area contributed by atoms with Gasteiger partial charge in [-0.15, -0.1) is 0 Å². The van der Waals surface area contributed by atoms with Gasteiger partial charge in [0, 0.05) is 18.7 Å². The molecule has 2 rings (SSSR count). The van der Waals surface area contributed by atoms with E-state index in [0.29, 0.717) is 13.1 Å². The van der Waals surface area contributed by atoms with Gasteiger partial charge in [-0.25, -0.2) is 0 Å². The second kappa shape index (κ2) is 7.12. The van der Waals surface area contributed by atoms with Crippen LogP contribution in [0.2, 0.25) is 0 Å². The van der Waals surface area contributed by atoms with Crippen molar-refractivity contribution in [3.63, 3.8) is 0 Å². The average molecular weight is 275 g/mol. The Morgan fingerprint density at radius 2 is 2.00 bits per heavy atom. The van der Waals surface area contributed by atoms with E-state index in [2.05, 4.69) is 5.32 Å². The molecule has 0 spiro atoms. The third-order valence-corrected chi connectivity index (χ3v) is 3.12. The zero-order valence-electron chi connectivity index (χ0n) is 11.9. The van der Waals surface area contributed by atoms with Crippen molar-refractivity contribution in [1.82, 2.24) is 5.32 Å². The molecule has 0 aliphatic rings. The maximum Gasteiger partial charge on any atom is 0.125 e. The summed E-state index contributed by atoms with van der Waals surface area (Å²) in [6.07, 6.45) is 2.78. The number of hydrogen-bond donors (Lipinski definition) is 2. The molecule has 2 aromatic rings. The molecule has 1 aromatic heterocycles. The molecule has 0 aliphatic heterocycles. The fraction of sp³-hybridized carbons (Fsp3) is 0.375. The topological polar surface area (TPSA) is 54.6 Å². The first-order valence-electron chi connectivity index (χ1n) is 6.75. The Kier molecular flexibility index (Phi) is 5.21. The van der Waals surface area contributed by atoms with E-state index in [9.17, 15) is 5.11 Å². The van der Waals surface area contributed by atoms with Gasteiger partial charge in [0.15, 0.2) is 0 Å². The van der Waals surface area contributed by atoms with Crippen LogP contribution in [0.1, 0.15) is 16.7 Å². The highest BCUT2D eigenvalue weighted by atomic mass is 16.5. The van der Waals surface area contributed by atoms with Crippen LogP contribution < -0.4 is 10.1 Å². The van der Waals surface area contributed by atoms with Gasteiger partial charge in [-0.3, -0.25) is 0 Å². The van der Waals surface area contributed by atoms with Gasteiger partial charge in [-0.05, 0) is 31.0 Å². The summed E-state index contributed by atoms with van der Waals surface area (Å²) in [6, 6.07) is 7.91. The van der Waals surface area contributed by atoms with Crippen LogP contribution in [0.3, 0.4) is 0 Å². The lowest BCUT2D eigenvalue weighted by atomic mass is 10.1. The second-order valence-corrected chi connectivity index (χ2v) is 4.95. The quantitative estimate of drug-likeness (QED) is 0.815. The number of benzene rings is 1. The molecule has 0 aliphatic carbocycles. The van der Waals surface area contributed by atoms with Crippen molar-refractivity contribution in [2.24, 2.45) is 0 Å². The Bertz CT molecular complexity index is 502. The molecule has 1 unspecified atom stereocenters. The molecule has 1 heterocycles. The third kappa shape index (κ3) is 4.11. The van der Waals surface area contributed by atoms with Crippen molar-refractivity contribution < 1.29 is 14.3 Å². The molecule has 0 amide bonds. The smallest absolute Gasteiger partial charge is 0.125 e. The summed E-state index contributed by atoms with van der Waals surface area (Å²) in [5.41, 5.74) is 3.24. The van der Waals surface area contributed by atoms with Gasteiger partial charge in [0.2, 0.25) is 0 Å². The Hall–Kier alpha value is -1.78. The Morgan fingerprint density at radius 3 is 2.65 bits per heavy atom. The number of hydrogen-bond acceptors (Lipinski definition) is 4. The maximum atomic E-state index is 9.91. The third-order valence-electron chi connectivity index (χ3n) is 3.12. The van der Waals surface area contributed by atoms with Gasteiger partial charge in [0.25, 0.3) is 0 Å². The van der Waals surface area contributed by atoms with Gasteiger partial charge >= 0.3 is 0 Å². The summed E-state index contributed by atoms with van der Waals surface area (Å²) >= 11 is 0. The lowest BCUT2D eigenvalue weighted by Crippen LogP contribution is -2.31. The average Bonchev–Trinajstić information content (AvgIpc) is 2.91. The minimum atomic E-state index is -0.541. The van der Waals surface area contributed by atoms with Gasteiger partial charge in [0.05, 0.1) is 12.5 Å². The van der Waals surface area contributed by atoms with Crippen LogP contribution in [0, 0.1) is 13.8 Å². The molecule has 20 heavy (non-hydrogen) atoms. The molecule has 0 radical (unpaired) electrons. The highest BCUT2D eigenvalue weighted by Gasteiger charge is 2.08. The van der Waals surface area contributed by atoms with E-state index in [-0.39, 0.29) is 6.61 Å². The van der Waals surface area contributed by atoms with Gasteiger partial charge in [0.1, 0.15) is 18.5 Å². The molecule has 4 nitrogen and oxygen atoms in total. The first-order valence-corrected chi connectivity index (χ1v) is 6.75. The summed E-state index contributed by atoms with van der Waals surface area (Å²) in [7, 11) is 0. The Labute approximate surface area is 119 Å². The van der Waals surface area contributed by atoms with Crippen LogP contribution in [0.4, 0.5) is 0 Å². The number of aliphatic hydroxyl groups is 1. The van der Waals surface area contributed by atoms with Crippen LogP contribution in [-0.2, 0) is 6.54 Å². The number of para-hydroxylation sites is 1. The highest BCUT2D eigenvalue weighted by Crippen LogP contribution is 2.22. The van der Waals surface area contributed by atoms with E-state index in [1.54, 1.807) is 12.5 Å².